The number of benzene rings is 3. The van der Waals surface area contributed by atoms with Gasteiger partial charge in [0.05, 0.1) is 4.92 Å². The van der Waals surface area contributed by atoms with Crippen molar-refractivity contribution >= 4 is 39.8 Å². The van der Waals surface area contributed by atoms with Crippen molar-refractivity contribution < 1.29 is 4.92 Å². The fraction of sp³-hybridized carbons (Fsp3) is 0.143. The third-order valence-corrected chi connectivity index (χ3v) is 4.78. The molecule has 0 aliphatic carbocycles. The van der Waals surface area contributed by atoms with Crippen molar-refractivity contribution in [3.63, 3.8) is 0 Å². The quantitative estimate of drug-likeness (QED) is 0.354. The van der Waals surface area contributed by atoms with Crippen molar-refractivity contribution in [1.82, 2.24) is 10.3 Å². The molecule has 2 N–H and O–H groups in total. The van der Waals surface area contributed by atoms with Crippen molar-refractivity contribution in [3.05, 3.63) is 88.1 Å². The summed E-state index contributed by atoms with van der Waals surface area (Å²) in [6.45, 7) is 2.74. The summed E-state index contributed by atoms with van der Waals surface area (Å²) in [5.74, 6) is 0. The molecule has 0 aliphatic heterocycles. The number of nitro groups is 1. The summed E-state index contributed by atoms with van der Waals surface area (Å²) in [4.78, 5) is 14.0. The lowest BCUT2D eigenvalue weighted by Crippen LogP contribution is -2.18. The van der Waals surface area contributed by atoms with E-state index in [0.29, 0.717) is 12.1 Å². The maximum atomic E-state index is 11.2. The first-order chi connectivity index (χ1) is 12.6. The molecule has 0 saturated heterocycles. The van der Waals surface area contributed by atoms with Gasteiger partial charge in [0.2, 0.25) is 0 Å². The van der Waals surface area contributed by atoms with Gasteiger partial charge in [-0.3, -0.25) is 10.1 Å². The maximum Gasteiger partial charge on any atom is 0.293 e. The van der Waals surface area contributed by atoms with Crippen molar-refractivity contribution in [1.29, 1.82) is 0 Å². The number of fused-ring (bicyclic) bond motifs is 2. The van der Waals surface area contributed by atoms with Crippen LogP contribution in [0.2, 0.25) is 0 Å². The van der Waals surface area contributed by atoms with Gasteiger partial charge in [0.25, 0.3) is 5.69 Å². The van der Waals surface area contributed by atoms with Crippen LogP contribution in [0.25, 0.3) is 21.7 Å². The van der Waals surface area contributed by atoms with Gasteiger partial charge in [-0.2, -0.15) is 0 Å². The molecular weight excluding hydrogens is 362 g/mol. The zero-order valence-electron chi connectivity index (χ0n) is 14.8. The largest absolute Gasteiger partial charge is 0.352 e. The number of nitro benzene ring substituents is 1. The molecule has 3 aromatic carbocycles. The Morgan fingerprint density at radius 1 is 1.04 bits per heavy atom. The first-order valence-corrected chi connectivity index (χ1v) is 8.59. The Hall–Kier alpha value is -2.89. The lowest BCUT2D eigenvalue weighted by atomic mass is 10.00. The Labute approximate surface area is 163 Å². The predicted octanol–water partition coefficient (Wildman–Crippen LogP) is 5.50. The van der Waals surface area contributed by atoms with E-state index in [-0.39, 0.29) is 29.1 Å². The van der Waals surface area contributed by atoms with E-state index < -0.39 is 0 Å². The molecule has 6 heteroatoms. The summed E-state index contributed by atoms with van der Waals surface area (Å²) in [6, 6.07) is 21.9. The number of para-hydroxylation sites is 1. The fourth-order valence-corrected chi connectivity index (χ4v) is 3.45. The lowest BCUT2D eigenvalue weighted by molar-refractivity contribution is -0.383. The van der Waals surface area contributed by atoms with Crippen LogP contribution in [0.4, 0.5) is 5.69 Å². The molecule has 0 radical (unpaired) electrons. The maximum absolute atomic E-state index is 11.2. The zero-order chi connectivity index (χ0) is 18.1. The summed E-state index contributed by atoms with van der Waals surface area (Å²) in [5, 5.41) is 18.0. The van der Waals surface area contributed by atoms with Crippen LogP contribution in [0.5, 0.6) is 0 Å². The van der Waals surface area contributed by atoms with Gasteiger partial charge in [0.15, 0.2) is 0 Å². The number of hydrogen-bond donors (Lipinski definition) is 2. The molecule has 1 heterocycles. The van der Waals surface area contributed by atoms with E-state index in [1.807, 2.05) is 18.2 Å². The van der Waals surface area contributed by atoms with Gasteiger partial charge in [-0.25, -0.2) is 0 Å². The van der Waals surface area contributed by atoms with Crippen molar-refractivity contribution in [2.45, 2.75) is 19.5 Å². The highest BCUT2D eigenvalue weighted by atomic mass is 35.5. The van der Waals surface area contributed by atoms with E-state index >= 15 is 0 Å². The van der Waals surface area contributed by atoms with Crippen LogP contribution < -0.4 is 5.32 Å². The number of aromatic nitrogens is 1. The van der Waals surface area contributed by atoms with Crippen LogP contribution in [0, 0.1) is 10.1 Å². The third kappa shape index (κ3) is 3.65. The van der Waals surface area contributed by atoms with E-state index in [1.165, 1.54) is 22.4 Å². The molecule has 138 valence electrons. The molecule has 4 aromatic rings. The first-order valence-electron chi connectivity index (χ1n) is 8.59. The number of aromatic amines is 1. The third-order valence-electron chi connectivity index (χ3n) is 4.78. The van der Waals surface area contributed by atoms with E-state index in [9.17, 15) is 10.1 Å². The molecule has 1 aromatic heterocycles. The standard InChI is InChI=1S/C21H19N3O2.ClH/c1-14(18-10-4-7-15-6-2-3-9-19(15)18)22-13-17-12-16-8-5-11-20(24(25)26)21(16)23-17;/h2-12,14,22-23H,13H2,1H3;1H/t14-;/m1./s1. The second-order valence-corrected chi connectivity index (χ2v) is 6.46. The Morgan fingerprint density at radius 3 is 2.56 bits per heavy atom. The number of rotatable bonds is 5. The normalized spacial score (nSPS) is 12.0. The first kappa shape index (κ1) is 18.9. The molecule has 0 saturated carbocycles. The van der Waals surface area contributed by atoms with E-state index in [0.717, 1.165) is 11.1 Å². The summed E-state index contributed by atoms with van der Waals surface area (Å²) in [6.07, 6.45) is 0. The monoisotopic (exact) mass is 381 g/mol. The van der Waals surface area contributed by atoms with Crippen molar-refractivity contribution in [2.75, 3.05) is 0 Å². The number of H-pyrrole nitrogens is 1. The minimum absolute atomic E-state index is 0. The van der Waals surface area contributed by atoms with E-state index in [1.54, 1.807) is 6.07 Å². The lowest BCUT2D eigenvalue weighted by Gasteiger charge is -2.16. The minimum atomic E-state index is -0.352. The highest BCUT2D eigenvalue weighted by Crippen LogP contribution is 2.27. The van der Waals surface area contributed by atoms with Gasteiger partial charge >= 0.3 is 0 Å². The van der Waals surface area contributed by atoms with Gasteiger partial charge in [-0.1, -0.05) is 54.6 Å². The average molecular weight is 382 g/mol. The van der Waals surface area contributed by atoms with Gasteiger partial charge < -0.3 is 10.3 Å². The van der Waals surface area contributed by atoms with Crippen molar-refractivity contribution in [2.24, 2.45) is 0 Å². The second kappa shape index (κ2) is 7.78. The molecule has 0 spiro atoms. The summed E-state index contributed by atoms with van der Waals surface area (Å²) >= 11 is 0. The second-order valence-electron chi connectivity index (χ2n) is 6.46. The Morgan fingerprint density at radius 2 is 1.74 bits per heavy atom. The minimum Gasteiger partial charge on any atom is -0.352 e. The number of non-ortho nitro benzene ring substituents is 1. The van der Waals surface area contributed by atoms with Crippen LogP contribution >= 0.6 is 12.4 Å². The topological polar surface area (TPSA) is 71.0 Å². The molecule has 27 heavy (non-hydrogen) atoms. The molecule has 0 unspecified atom stereocenters. The summed E-state index contributed by atoms with van der Waals surface area (Å²) < 4.78 is 0. The fourth-order valence-electron chi connectivity index (χ4n) is 3.45. The Balaban J connectivity index is 0.00000210. The smallest absolute Gasteiger partial charge is 0.293 e. The highest BCUT2D eigenvalue weighted by Gasteiger charge is 2.14. The van der Waals surface area contributed by atoms with Gasteiger partial charge in [0.1, 0.15) is 5.52 Å². The van der Waals surface area contributed by atoms with E-state index in [2.05, 4.69) is 53.6 Å². The molecule has 0 bridgehead atoms. The molecule has 4 rings (SSSR count). The Kier molecular flexibility index (Phi) is 5.44. The van der Waals surface area contributed by atoms with Crippen LogP contribution in [0.3, 0.4) is 0 Å². The molecular formula is C21H20ClN3O2. The number of nitrogens with zero attached hydrogens (tertiary/aromatic N) is 1. The number of nitrogens with one attached hydrogen (secondary N) is 2. The SMILES string of the molecule is C[C@@H](NCc1cc2cccc([N+](=O)[O-])c2[nH]1)c1cccc2ccccc12.Cl. The average Bonchev–Trinajstić information content (AvgIpc) is 3.08. The van der Waals surface area contributed by atoms with Crippen LogP contribution in [0.1, 0.15) is 24.2 Å². The van der Waals surface area contributed by atoms with Crippen LogP contribution in [0.15, 0.2) is 66.7 Å². The number of hydrogen-bond acceptors (Lipinski definition) is 3. The molecule has 0 fully saturated rings. The number of halogens is 1. The highest BCUT2D eigenvalue weighted by molar-refractivity contribution is 5.88. The zero-order valence-corrected chi connectivity index (χ0v) is 15.6. The predicted molar refractivity (Wildman–Crippen MR) is 111 cm³/mol. The summed E-state index contributed by atoms with van der Waals surface area (Å²) in [7, 11) is 0. The molecule has 1 atom stereocenters. The van der Waals surface area contributed by atoms with Gasteiger partial charge in [-0.15, -0.1) is 12.4 Å². The van der Waals surface area contributed by atoms with Crippen molar-refractivity contribution in [3.8, 4) is 0 Å². The van der Waals surface area contributed by atoms with Gasteiger partial charge in [-0.05, 0) is 29.3 Å². The molecule has 5 nitrogen and oxygen atoms in total. The Bertz CT molecular complexity index is 1100. The van der Waals surface area contributed by atoms with Gasteiger partial charge in [0, 0.05) is 29.7 Å². The van der Waals surface area contributed by atoms with Crippen LogP contribution in [-0.2, 0) is 6.54 Å². The molecule has 0 amide bonds. The van der Waals surface area contributed by atoms with E-state index in [4.69, 9.17) is 0 Å². The molecule has 0 aliphatic rings. The summed E-state index contributed by atoms with van der Waals surface area (Å²) in [5.41, 5.74) is 2.86. The van der Waals surface area contributed by atoms with Crippen LogP contribution in [-0.4, -0.2) is 9.91 Å².